The summed E-state index contributed by atoms with van der Waals surface area (Å²) in [5.41, 5.74) is 1.03. The lowest BCUT2D eigenvalue weighted by atomic mass is 10.1. The van der Waals surface area contributed by atoms with Gasteiger partial charge in [-0.05, 0) is 32.7 Å². The van der Waals surface area contributed by atoms with Crippen molar-refractivity contribution in [3.63, 3.8) is 0 Å². The molecule has 4 nitrogen and oxygen atoms in total. The van der Waals surface area contributed by atoms with E-state index in [0.29, 0.717) is 12.5 Å². The number of carbonyl (C=O) groups is 1. The van der Waals surface area contributed by atoms with E-state index in [4.69, 9.17) is 0 Å². The monoisotopic (exact) mass is 339 g/mol. The molecule has 0 bridgehead atoms. The zero-order valence-corrected chi connectivity index (χ0v) is 14.3. The summed E-state index contributed by atoms with van der Waals surface area (Å²) in [6.07, 6.45) is 3.76. The molecule has 0 aliphatic carbocycles. The van der Waals surface area contributed by atoms with Crippen molar-refractivity contribution in [3.8, 4) is 0 Å². The van der Waals surface area contributed by atoms with Gasteiger partial charge in [-0.15, -0.1) is 36.2 Å². The minimum absolute atomic E-state index is 0. The number of nitrogens with one attached hydrogen (secondary N) is 2. The van der Waals surface area contributed by atoms with E-state index < -0.39 is 0 Å². The zero-order valence-electron chi connectivity index (χ0n) is 11.8. The van der Waals surface area contributed by atoms with Crippen molar-refractivity contribution in [2.75, 3.05) is 6.54 Å². The van der Waals surface area contributed by atoms with Crippen LogP contribution in [-0.4, -0.2) is 23.5 Å². The summed E-state index contributed by atoms with van der Waals surface area (Å²) in [7, 11) is 0. The van der Waals surface area contributed by atoms with Gasteiger partial charge >= 0.3 is 0 Å². The molecule has 7 heteroatoms. The average Bonchev–Trinajstić information content (AvgIpc) is 2.97. The fourth-order valence-electron chi connectivity index (χ4n) is 2.28. The first-order valence-electron chi connectivity index (χ1n) is 6.63. The number of halogens is 2. The van der Waals surface area contributed by atoms with Gasteiger partial charge in [-0.2, -0.15) is 0 Å². The largest absolute Gasteiger partial charge is 0.347 e. The van der Waals surface area contributed by atoms with Gasteiger partial charge in [0.25, 0.3) is 0 Å². The summed E-state index contributed by atoms with van der Waals surface area (Å²) in [5.74, 6) is 0.133. The lowest BCUT2D eigenvalue weighted by molar-refractivity contribution is -0.122. The van der Waals surface area contributed by atoms with Crippen LogP contribution >= 0.6 is 36.2 Å². The summed E-state index contributed by atoms with van der Waals surface area (Å²) in [5, 5.41) is 9.49. The third-order valence-electron chi connectivity index (χ3n) is 3.27. The van der Waals surface area contributed by atoms with Crippen LogP contribution in [0.15, 0.2) is 5.38 Å². The third-order valence-corrected chi connectivity index (χ3v) is 4.35. The highest BCUT2D eigenvalue weighted by Crippen LogP contribution is 2.21. The molecule has 0 spiro atoms. The van der Waals surface area contributed by atoms with Crippen LogP contribution in [0.5, 0.6) is 0 Å². The molecule has 0 radical (unpaired) electrons. The Morgan fingerprint density at radius 1 is 1.60 bits per heavy atom. The predicted octanol–water partition coefficient (Wildman–Crippen LogP) is 3.00. The van der Waals surface area contributed by atoms with Crippen molar-refractivity contribution in [1.29, 1.82) is 0 Å². The number of carbonyl (C=O) groups excluding carboxylic acids is 1. The fraction of sp³-hybridized carbons (Fsp3) is 0.692. The molecule has 20 heavy (non-hydrogen) atoms. The van der Waals surface area contributed by atoms with Gasteiger partial charge in [0, 0.05) is 23.5 Å². The minimum Gasteiger partial charge on any atom is -0.347 e. The molecule has 1 aliphatic rings. The SMILES string of the molecule is CCC(NC(=O)CC1CCCN1)c1nc(C)cs1.Cl.Cl. The number of nitrogens with zero attached hydrogens (tertiary/aromatic N) is 1. The van der Waals surface area contributed by atoms with Crippen LogP contribution in [0.4, 0.5) is 0 Å². The van der Waals surface area contributed by atoms with Crippen LogP contribution in [0, 0.1) is 6.92 Å². The molecule has 1 aliphatic heterocycles. The summed E-state index contributed by atoms with van der Waals surface area (Å²) < 4.78 is 0. The van der Waals surface area contributed by atoms with Gasteiger partial charge < -0.3 is 10.6 Å². The molecular formula is C13H23Cl2N3OS. The second kappa shape index (κ2) is 9.55. The Bertz CT molecular complexity index is 408. The molecule has 0 saturated carbocycles. The van der Waals surface area contributed by atoms with Crippen molar-refractivity contribution in [2.45, 2.75) is 51.6 Å². The second-order valence-electron chi connectivity index (χ2n) is 4.85. The van der Waals surface area contributed by atoms with E-state index >= 15 is 0 Å². The van der Waals surface area contributed by atoms with Crippen LogP contribution in [-0.2, 0) is 4.79 Å². The highest BCUT2D eigenvalue weighted by Gasteiger charge is 2.20. The predicted molar refractivity (Wildman–Crippen MR) is 88.2 cm³/mol. The van der Waals surface area contributed by atoms with Gasteiger partial charge in [-0.25, -0.2) is 4.98 Å². The first-order chi connectivity index (χ1) is 8.69. The quantitative estimate of drug-likeness (QED) is 0.866. The lowest BCUT2D eigenvalue weighted by Gasteiger charge is -2.16. The number of aryl methyl sites for hydroxylation is 1. The van der Waals surface area contributed by atoms with E-state index in [0.717, 1.165) is 30.1 Å². The number of hydrogen-bond donors (Lipinski definition) is 2. The van der Waals surface area contributed by atoms with Crippen molar-refractivity contribution >= 4 is 42.1 Å². The van der Waals surface area contributed by atoms with Crippen molar-refractivity contribution in [1.82, 2.24) is 15.6 Å². The second-order valence-corrected chi connectivity index (χ2v) is 5.74. The Morgan fingerprint density at radius 3 is 2.85 bits per heavy atom. The third kappa shape index (κ3) is 5.56. The van der Waals surface area contributed by atoms with E-state index in [1.165, 1.54) is 6.42 Å². The Kier molecular flexibility index (Phi) is 9.38. The Morgan fingerprint density at radius 2 is 2.35 bits per heavy atom. The molecule has 2 atom stereocenters. The summed E-state index contributed by atoms with van der Waals surface area (Å²) in [4.78, 5) is 16.4. The Hall–Kier alpha value is -0.360. The molecule has 1 aromatic heterocycles. The van der Waals surface area contributed by atoms with Crippen LogP contribution in [0.3, 0.4) is 0 Å². The molecule has 1 saturated heterocycles. The van der Waals surface area contributed by atoms with Gasteiger partial charge in [0.2, 0.25) is 5.91 Å². The molecule has 1 fully saturated rings. The summed E-state index contributed by atoms with van der Waals surface area (Å²) in [6.45, 7) is 5.10. The lowest BCUT2D eigenvalue weighted by Crippen LogP contribution is -2.34. The highest BCUT2D eigenvalue weighted by molar-refractivity contribution is 7.09. The van der Waals surface area contributed by atoms with E-state index in [1.807, 2.05) is 12.3 Å². The standard InChI is InChI=1S/C13H21N3OS.2ClH/c1-3-11(13-15-9(2)8-18-13)16-12(17)7-10-5-4-6-14-10;;/h8,10-11,14H,3-7H2,1-2H3,(H,16,17);2*1H. The summed E-state index contributed by atoms with van der Waals surface area (Å²) in [6, 6.07) is 0.429. The van der Waals surface area contributed by atoms with Crippen LogP contribution in [0.1, 0.15) is 49.4 Å². The maximum Gasteiger partial charge on any atom is 0.222 e. The van der Waals surface area contributed by atoms with Gasteiger partial charge in [-0.3, -0.25) is 4.79 Å². The normalized spacial score (nSPS) is 18.8. The summed E-state index contributed by atoms with van der Waals surface area (Å²) >= 11 is 1.63. The van der Waals surface area contributed by atoms with E-state index in [1.54, 1.807) is 11.3 Å². The van der Waals surface area contributed by atoms with Gasteiger partial charge in [-0.1, -0.05) is 6.92 Å². The van der Waals surface area contributed by atoms with Crippen molar-refractivity contribution in [2.24, 2.45) is 0 Å². The van der Waals surface area contributed by atoms with E-state index in [9.17, 15) is 4.79 Å². The first-order valence-corrected chi connectivity index (χ1v) is 7.51. The average molecular weight is 340 g/mol. The Balaban J connectivity index is 0.00000180. The van der Waals surface area contributed by atoms with Crippen molar-refractivity contribution in [3.05, 3.63) is 16.1 Å². The van der Waals surface area contributed by atoms with Gasteiger partial charge in [0.05, 0.1) is 6.04 Å². The number of hydrogen-bond acceptors (Lipinski definition) is 4. The van der Waals surface area contributed by atoms with Crippen molar-refractivity contribution < 1.29 is 4.79 Å². The van der Waals surface area contributed by atoms with Crippen LogP contribution in [0.25, 0.3) is 0 Å². The van der Waals surface area contributed by atoms with E-state index in [2.05, 4.69) is 22.5 Å². The molecule has 116 valence electrons. The fourth-order valence-corrected chi connectivity index (χ4v) is 3.21. The molecule has 2 N–H and O–H groups in total. The molecular weight excluding hydrogens is 317 g/mol. The number of thiazole rings is 1. The van der Waals surface area contributed by atoms with E-state index in [-0.39, 0.29) is 36.8 Å². The highest BCUT2D eigenvalue weighted by atomic mass is 35.5. The molecule has 2 unspecified atom stereocenters. The molecule has 0 aromatic carbocycles. The molecule has 2 rings (SSSR count). The number of amides is 1. The zero-order chi connectivity index (χ0) is 13.0. The maximum absolute atomic E-state index is 12.0. The van der Waals surface area contributed by atoms with Gasteiger partial charge in [0.15, 0.2) is 0 Å². The molecule has 1 amide bonds. The number of rotatable bonds is 5. The number of aromatic nitrogens is 1. The smallest absolute Gasteiger partial charge is 0.222 e. The molecule has 2 heterocycles. The molecule has 1 aromatic rings. The van der Waals surface area contributed by atoms with Gasteiger partial charge in [0.1, 0.15) is 5.01 Å². The van der Waals surface area contributed by atoms with Crippen LogP contribution < -0.4 is 10.6 Å². The maximum atomic E-state index is 12.0. The minimum atomic E-state index is 0. The Labute approximate surface area is 137 Å². The first kappa shape index (κ1) is 19.6. The van der Waals surface area contributed by atoms with Crippen LogP contribution in [0.2, 0.25) is 0 Å². The topological polar surface area (TPSA) is 54.0 Å².